The van der Waals surface area contributed by atoms with Crippen LogP contribution in [0.1, 0.15) is 22.2 Å². The van der Waals surface area contributed by atoms with Gasteiger partial charge in [0.2, 0.25) is 0 Å². The van der Waals surface area contributed by atoms with Gasteiger partial charge < -0.3 is 5.11 Å². The molecule has 0 aliphatic heterocycles. The SMILES string of the molecule is CCc1ccc(CC(O)Cc2ccc(F)c(F)c2)s1. The summed E-state index contributed by atoms with van der Waals surface area (Å²) < 4.78 is 25.8. The van der Waals surface area contributed by atoms with Crippen molar-refractivity contribution in [3.63, 3.8) is 0 Å². The van der Waals surface area contributed by atoms with Crippen molar-refractivity contribution in [1.29, 1.82) is 0 Å². The van der Waals surface area contributed by atoms with Gasteiger partial charge in [-0.1, -0.05) is 13.0 Å². The highest BCUT2D eigenvalue weighted by molar-refractivity contribution is 7.11. The lowest BCUT2D eigenvalue weighted by atomic mass is 10.0. The molecule has 1 N–H and O–H groups in total. The number of benzene rings is 1. The summed E-state index contributed by atoms with van der Waals surface area (Å²) in [6.45, 7) is 2.09. The van der Waals surface area contributed by atoms with Gasteiger partial charge in [0.15, 0.2) is 11.6 Å². The van der Waals surface area contributed by atoms with Crippen molar-refractivity contribution in [2.75, 3.05) is 0 Å². The van der Waals surface area contributed by atoms with Crippen LogP contribution in [0.3, 0.4) is 0 Å². The Morgan fingerprint density at radius 1 is 1.05 bits per heavy atom. The van der Waals surface area contributed by atoms with Gasteiger partial charge in [0.1, 0.15) is 0 Å². The molecule has 0 bridgehead atoms. The van der Waals surface area contributed by atoms with Gasteiger partial charge in [-0.05, 0) is 42.7 Å². The average molecular weight is 282 g/mol. The zero-order valence-corrected chi connectivity index (χ0v) is 11.5. The second-order valence-electron chi connectivity index (χ2n) is 4.53. The van der Waals surface area contributed by atoms with Crippen LogP contribution in [0.2, 0.25) is 0 Å². The highest BCUT2D eigenvalue weighted by Crippen LogP contribution is 2.20. The molecular weight excluding hydrogens is 266 g/mol. The number of aliphatic hydroxyl groups excluding tert-OH is 1. The van der Waals surface area contributed by atoms with Crippen LogP contribution in [0.15, 0.2) is 30.3 Å². The summed E-state index contributed by atoms with van der Waals surface area (Å²) in [4.78, 5) is 2.40. The molecule has 2 rings (SSSR count). The van der Waals surface area contributed by atoms with Crippen LogP contribution < -0.4 is 0 Å². The molecule has 102 valence electrons. The van der Waals surface area contributed by atoms with E-state index in [1.54, 1.807) is 11.3 Å². The third-order valence-corrected chi connectivity index (χ3v) is 4.21. The highest BCUT2D eigenvalue weighted by atomic mass is 32.1. The lowest BCUT2D eigenvalue weighted by molar-refractivity contribution is 0.176. The Labute approximate surface area is 115 Å². The van der Waals surface area contributed by atoms with Crippen LogP contribution in [0.4, 0.5) is 8.78 Å². The molecule has 1 heterocycles. The highest BCUT2D eigenvalue weighted by Gasteiger charge is 2.10. The van der Waals surface area contributed by atoms with E-state index in [2.05, 4.69) is 13.0 Å². The molecule has 0 aliphatic rings. The molecule has 0 saturated carbocycles. The van der Waals surface area contributed by atoms with E-state index in [1.165, 1.54) is 10.9 Å². The second-order valence-corrected chi connectivity index (χ2v) is 5.78. The van der Waals surface area contributed by atoms with Gasteiger partial charge in [-0.2, -0.15) is 0 Å². The first-order chi connectivity index (χ1) is 9.08. The minimum absolute atomic E-state index is 0.330. The predicted octanol–water partition coefficient (Wildman–Crippen LogP) is 3.73. The van der Waals surface area contributed by atoms with Crippen molar-refractivity contribution in [2.24, 2.45) is 0 Å². The van der Waals surface area contributed by atoms with Crippen LogP contribution in [0.25, 0.3) is 0 Å². The second kappa shape index (κ2) is 6.26. The van der Waals surface area contributed by atoms with Crippen molar-refractivity contribution in [3.8, 4) is 0 Å². The first kappa shape index (κ1) is 14.2. The van der Waals surface area contributed by atoms with Gasteiger partial charge in [-0.15, -0.1) is 11.3 Å². The van der Waals surface area contributed by atoms with Gasteiger partial charge in [0, 0.05) is 16.2 Å². The molecule has 1 aromatic carbocycles. The third-order valence-electron chi connectivity index (χ3n) is 2.96. The summed E-state index contributed by atoms with van der Waals surface area (Å²) >= 11 is 1.68. The normalized spacial score (nSPS) is 12.6. The number of thiophene rings is 1. The number of hydrogen-bond donors (Lipinski definition) is 1. The van der Waals surface area contributed by atoms with Crippen LogP contribution in [0, 0.1) is 11.6 Å². The molecule has 2 aromatic rings. The first-order valence-electron chi connectivity index (χ1n) is 6.28. The molecule has 19 heavy (non-hydrogen) atoms. The Morgan fingerprint density at radius 2 is 1.79 bits per heavy atom. The number of rotatable bonds is 5. The Balaban J connectivity index is 1.96. The smallest absolute Gasteiger partial charge is 0.159 e. The summed E-state index contributed by atoms with van der Waals surface area (Å²) in [5.74, 6) is -1.72. The zero-order valence-electron chi connectivity index (χ0n) is 10.7. The van der Waals surface area contributed by atoms with E-state index in [0.717, 1.165) is 23.4 Å². The Morgan fingerprint density at radius 3 is 2.42 bits per heavy atom. The number of aliphatic hydroxyl groups is 1. The van der Waals surface area contributed by atoms with E-state index < -0.39 is 17.7 Å². The number of halogens is 2. The predicted molar refractivity (Wildman–Crippen MR) is 73.5 cm³/mol. The topological polar surface area (TPSA) is 20.2 Å². The van der Waals surface area contributed by atoms with Crippen molar-refractivity contribution >= 4 is 11.3 Å². The number of aryl methyl sites for hydroxylation is 1. The molecule has 0 saturated heterocycles. The summed E-state index contributed by atoms with van der Waals surface area (Å²) in [6.07, 6.45) is 1.29. The lowest BCUT2D eigenvalue weighted by Gasteiger charge is -2.09. The van der Waals surface area contributed by atoms with E-state index in [-0.39, 0.29) is 0 Å². The van der Waals surface area contributed by atoms with E-state index in [9.17, 15) is 13.9 Å². The molecule has 4 heteroatoms. The molecule has 0 radical (unpaired) electrons. The van der Waals surface area contributed by atoms with E-state index in [1.807, 2.05) is 6.07 Å². The lowest BCUT2D eigenvalue weighted by Crippen LogP contribution is -2.13. The molecule has 1 nitrogen and oxygen atoms in total. The Bertz CT molecular complexity index is 551. The van der Waals surface area contributed by atoms with Crippen molar-refractivity contribution in [2.45, 2.75) is 32.3 Å². The largest absolute Gasteiger partial charge is 0.392 e. The summed E-state index contributed by atoms with van der Waals surface area (Å²) in [6, 6.07) is 7.82. The van der Waals surface area contributed by atoms with Crippen LogP contribution in [0.5, 0.6) is 0 Å². The Hall–Kier alpha value is -1.26. The fourth-order valence-electron chi connectivity index (χ4n) is 1.97. The molecule has 1 atom stereocenters. The summed E-state index contributed by atoms with van der Waals surface area (Å²) in [7, 11) is 0. The minimum atomic E-state index is -0.867. The van der Waals surface area contributed by atoms with Crippen LogP contribution in [-0.2, 0) is 19.3 Å². The molecule has 0 aliphatic carbocycles. The monoisotopic (exact) mass is 282 g/mol. The van der Waals surface area contributed by atoms with E-state index in [0.29, 0.717) is 18.4 Å². The third kappa shape index (κ3) is 3.85. The first-order valence-corrected chi connectivity index (χ1v) is 7.09. The van der Waals surface area contributed by atoms with Gasteiger partial charge in [-0.3, -0.25) is 0 Å². The summed E-state index contributed by atoms with van der Waals surface area (Å²) in [5, 5.41) is 9.99. The molecule has 1 unspecified atom stereocenters. The number of hydrogen-bond acceptors (Lipinski definition) is 2. The maximum atomic E-state index is 13.1. The van der Waals surface area contributed by atoms with Crippen molar-refractivity contribution in [3.05, 3.63) is 57.3 Å². The molecule has 0 fully saturated rings. The molecule has 0 amide bonds. The average Bonchev–Trinajstić information content (AvgIpc) is 2.81. The van der Waals surface area contributed by atoms with Crippen molar-refractivity contribution in [1.82, 2.24) is 0 Å². The van der Waals surface area contributed by atoms with E-state index >= 15 is 0 Å². The minimum Gasteiger partial charge on any atom is -0.392 e. The molecule has 1 aromatic heterocycles. The van der Waals surface area contributed by atoms with Gasteiger partial charge >= 0.3 is 0 Å². The molecular formula is C15H16F2OS. The van der Waals surface area contributed by atoms with Crippen LogP contribution >= 0.6 is 11.3 Å². The quantitative estimate of drug-likeness (QED) is 0.886. The zero-order chi connectivity index (χ0) is 13.8. The van der Waals surface area contributed by atoms with Gasteiger partial charge in [-0.25, -0.2) is 8.78 Å². The van der Waals surface area contributed by atoms with Crippen LogP contribution in [-0.4, -0.2) is 11.2 Å². The fraction of sp³-hybridized carbons (Fsp3) is 0.333. The van der Waals surface area contributed by atoms with Crippen molar-refractivity contribution < 1.29 is 13.9 Å². The maximum absolute atomic E-state index is 13.1. The van der Waals surface area contributed by atoms with Gasteiger partial charge in [0.25, 0.3) is 0 Å². The molecule has 0 spiro atoms. The standard InChI is InChI=1S/C15H16F2OS/c1-2-12-4-5-13(19-12)9-11(18)7-10-3-6-14(16)15(17)8-10/h3-6,8,11,18H,2,7,9H2,1H3. The maximum Gasteiger partial charge on any atom is 0.159 e. The van der Waals surface area contributed by atoms with E-state index in [4.69, 9.17) is 0 Å². The Kier molecular flexibility index (Phi) is 4.66. The summed E-state index contributed by atoms with van der Waals surface area (Å²) in [5.41, 5.74) is 0.610. The fourth-order valence-corrected chi connectivity index (χ4v) is 2.99. The van der Waals surface area contributed by atoms with Gasteiger partial charge in [0.05, 0.1) is 6.10 Å².